The molecule has 13 heavy (non-hydrogen) atoms. The molecule has 1 aromatic carbocycles. The van der Waals surface area contributed by atoms with Crippen molar-refractivity contribution in [2.24, 2.45) is 7.05 Å². The van der Waals surface area contributed by atoms with Crippen LogP contribution >= 0.6 is 0 Å². The van der Waals surface area contributed by atoms with Gasteiger partial charge in [0.05, 0.1) is 22.7 Å². The van der Waals surface area contributed by atoms with E-state index in [-0.39, 0.29) is 5.82 Å². The molecule has 0 atom stereocenters. The van der Waals surface area contributed by atoms with Gasteiger partial charge < -0.3 is 0 Å². The smallest absolute Gasteiger partial charge is 0.134 e. The van der Waals surface area contributed by atoms with Crippen molar-refractivity contribution in [1.29, 1.82) is 5.26 Å². The SMILES string of the molecule is Cn1ncc2c(F)ccc(C#N)c21. The molecule has 0 fully saturated rings. The van der Waals surface area contributed by atoms with E-state index in [1.807, 2.05) is 6.07 Å². The zero-order valence-corrected chi connectivity index (χ0v) is 6.95. The highest BCUT2D eigenvalue weighted by Crippen LogP contribution is 2.20. The number of fused-ring (bicyclic) bond motifs is 1. The molecule has 2 rings (SSSR count). The summed E-state index contributed by atoms with van der Waals surface area (Å²) in [5.41, 5.74) is 0.985. The topological polar surface area (TPSA) is 41.6 Å². The van der Waals surface area contributed by atoms with Gasteiger partial charge in [-0.15, -0.1) is 0 Å². The van der Waals surface area contributed by atoms with Gasteiger partial charge in [0.1, 0.15) is 11.9 Å². The van der Waals surface area contributed by atoms with Gasteiger partial charge in [-0.05, 0) is 12.1 Å². The second-order valence-electron chi connectivity index (χ2n) is 2.74. The van der Waals surface area contributed by atoms with Gasteiger partial charge in [-0.1, -0.05) is 0 Å². The lowest BCUT2D eigenvalue weighted by Crippen LogP contribution is -1.92. The molecular weight excluding hydrogens is 169 g/mol. The minimum Gasteiger partial charge on any atom is -0.266 e. The fourth-order valence-electron chi connectivity index (χ4n) is 1.35. The monoisotopic (exact) mass is 175 g/mol. The second kappa shape index (κ2) is 2.56. The van der Waals surface area contributed by atoms with Gasteiger partial charge in [0.25, 0.3) is 0 Å². The Morgan fingerprint density at radius 2 is 2.31 bits per heavy atom. The number of aryl methyl sites for hydroxylation is 1. The minimum atomic E-state index is -0.345. The third-order valence-corrected chi connectivity index (χ3v) is 1.97. The molecule has 0 aliphatic heterocycles. The third-order valence-electron chi connectivity index (χ3n) is 1.97. The van der Waals surface area contributed by atoms with Gasteiger partial charge in [-0.3, -0.25) is 4.68 Å². The molecule has 1 aromatic heterocycles. The molecule has 0 spiro atoms. The average molecular weight is 175 g/mol. The van der Waals surface area contributed by atoms with Crippen LogP contribution in [0.15, 0.2) is 18.3 Å². The molecule has 0 aliphatic carbocycles. The maximum atomic E-state index is 13.2. The maximum Gasteiger partial charge on any atom is 0.134 e. The number of hydrogen-bond donors (Lipinski definition) is 0. The van der Waals surface area contributed by atoms with Crippen LogP contribution in [-0.4, -0.2) is 9.78 Å². The summed E-state index contributed by atoms with van der Waals surface area (Å²) in [4.78, 5) is 0. The largest absolute Gasteiger partial charge is 0.266 e. The van der Waals surface area contributed by atoms with Gasteiger partial charge >= 0.3 is 0 Å². The molecule has 4 heteroatoms. The number of halogens is 1. The van der Waals surface area contributed by atoms with E-state index in [1.54, 1.807) is 7.05 Å². The summed E-state index contributed by atoms with van der Waals surface area (Å²) < 4.78 is 14.7. The van der Waals surface area contributed by atoms with E-state index in [4.69, 9.17) is 5.26 Å². The molecule has 0 aliphatic rings. The van der Waals surface area contributed by atoms with E-state index in [0.29, 0.717) is 16.5 Å². The van der Waals surface area contributed by atoms with Crippen molar-refractivity contribution in [3.8, 4) is 6.07 Å². The fourth-order valence-corrected chi connectivity index (χ4v) is 1.35. The van der Waals surface area contributed by atoms with E-state index < -0.39 is 0 Å². The maximum absolute atomic E-state index is 13.2. The van der Waals surface area contributed by atoms with Gasteiger partial charge in [0.15, 0.2) is 0 Å². The van der Waals surface area contributed by atoms with Crippen molar-refractivity contribution in [2.75, 3.05) is 0 Å². The van der Waals surface area contributed by atoms with Gasteiger partial charge in [-0.2, -0.15) is 10.4 Å². The zero-order valence-electron chi connectivity index (χ0n) is 6.95. The third kappa shape index (κ3) is 0.975. The summed E-state index contributed by atoms with van der Waals surface area (Å²) in [5, 5.41) is 13.0. The van der Waals surface area contributed by atoms with Crippen LogP contribution in [0.3, 0.4) is 0 Å². The molecule has 0 saturated carbocycles. The second-order valence-corrected chi connectivity index (χ2v) is 2.74. The lowest BCUT2D eigenvalue weighted by atomic mass is 10.1. The Balaban J connectivity index is 2.99. The number of aromatic nitrogens is 2. The number of nitrogens with zero attached hydrogens (tertiary/aromatic N) is 3. The van der Waals surface area contributed by atoms with Crippen molar-refractivity contribution < 1.29 is 4.39 Å². The zero-order chi connectivity index (χ0) is 9.42. The van der Waals surface area contributed by atoms with Crippen molar-refractivity contribution >= 4 is 10.9 Å². The van der Waals surface area contributed by atoms with Crippen molar-refractivity contribution in [1.82, 2.24) is 9.78 Å². The van der Waals surface area contributed by atoms with E-state index >= 15 is 0 Å². The molecule has 0 amide bonds. The fraction of sp³-hybridized carbons (Fsp3) is 0.111. The molecule has 1 heterocycles. The number of benzene rings is 1. The van der Waals surface area contributed by atoms with Crippen LogP contribution in [0.25, 0.3) is 10.9 Å². The predicted molar refractivity (Wildman–Crippen MR) is 45.4 cm³/mol. The summed E-state index contributed by atoms with van der Waals surface area (Å²) in [7, 11) is 1.68. The Kier molecular flexibility index (Phi) is 1.52. The van der Waals surface area contributed by atoms with Crippen LogP contribution in [-0.2, 0) is 7.05 Å². The highest BCUT2D eigenvalue weighted by molar-refractivity contribution is 5.84. The Labute approximate surface area is 74.0 Å². The van der Waals surface area contributed by atoms with Crippen LogP contribution < -0.4 is 0 Å². The quantitative estimate of drug-likeness (QED) is 0.610. The van der Waals surface area contributed by atoms with Gasteiger partial charge in [0.2, 0.25) is 0 Å². The minimum absolute atomic E-state index is 0.345. The summed E-state index contributed by atoms with van der Waals surface area (Å²) in [5.74, 6) is -0.345. The average Bonchev–Trinajstić information content (AvgIpc) is 2.51. The van der Waals surface area contributed by atoms with Gasteiger partial charge in [-0.25, -0.2) is 4.39 Å². The highest BCUT2D eigenvalue weighted by atomic mass is 19.1. The lowest BCUT2D eigenvalue weighted by Gasteiger charge is -1.97. The molecule has 2 aromatic rings. The molecule has 0 bridgehead atoms. The van der Waals surface area contributed by atoms with E-state index in [1.165, 1.54) is 23.0 Å². The number of nitriles is 1. The first-order valence-corrected chi connectivity index (χ1v) is 3.74. The van der Waals surface area contributed by atoms with Crippen LogP contribution in [0.1, 0.15) is 5.56 Å². The first-order valence-electron chi connectivity index (χ1n) is 3.74. The molecule has 0 saturated heterocycles. The Morgan fingerprint density at radius 3 is 3.00 bits per heavy atom. The first kappa shape index (κ1) is 7.74. The van der Waals surface area contributed by atoms with Gasteiger partial charge in [0, 0.05) is 7.05 Å². The predicted octanol–water partition coefficient (Wildman–Crippen LogP) is 1.58. The molecule has 3 nitrogen and oxygen atoms in total. The summed E-state index contributed by atoms with van der Waals surface area (Å²) >= 11 is 0. The van der Waals surface area contributed by atoms with Crippen LogP contribution in [0, 0.1) is 17.1 Å². The van der Waals surface area contributed by atoms with Crippen LogP contribution in [0.2, 0.25) is 0 Å². The summed E-state index contributed by atoms with van der Waals surface area (Å²) in [6, 6.07) is 4.73. The Hall–Kier alpha value is -1.89. The summed E-state index contributed by atoms with van der Waals surface area (Å²) in [6.07, 6.45) is 1.42. The van der Waals surface area contributed by atoms with E-state index in [9.17, 15) is 4.39 Å². The molecular formula is C9H6FN3. The Bertz CT molecular complexity index is 507. The molecule has 0 N–H and O–H groups in total. The first-order chi connectivity index (χ1) is 6.24. The van der Waals surface area contributed by atoms with Crippen molar-refractivity contribution in [3.63, 3.8) is 0 Å². The van der Waals surface area contributed by atoms with E-state index in [2.05, 4.69) is 5.10 Å². The lowest BCUT2D eigenvalue weighted by molar-refractivity contribution is 0.639. The van der Waals surface area contributed by atoms with Crippen LogP contribution in [0.5, 0.6) is 0 Å². The Morgan fingerprint density at radius 1 is 1.54 bits per heavy atom. The number of rotatable bonds is 0. The number of hydrogen-bond acceptors (Lipinski definition) is 2. The molecule has 64 valence electrons. The molecule has 0 radical (unpaired) electrons. The van der Waals surface area contributed by atoms with Crippen LogP contribution in [0.4, 0.5) is 4.39 Å². The highest BCUT2D eigenvalue weighted by Gasteiger charge is 2.09. The standard InChI is InChI=1S/C9H6FN3/c1-13-9-6(4-11)2-3-8(10)7(9)5-12-13/h2-3,5H,1H3. The molecule has 0 unspecified atom stereocenters. The summed E-state index contributed by atoms with van der Waals surface area (Å²) in [6.45, 7) is 0. The normalized spacial score (nSPS) is 10.2. The van der Waals surface area contributed by atoms with Crippen molar-refractivity contribution in [2.45, 2.75) is 0 Å². The van der Waals surface area contributed by atoms with E-state index in [0.717, 1.165) is 0 Å². The van der Waals surface area contributed by atoms with Crippen molar-refractivity contribution in [3.05, 3.63) is 29.7 Å².